The number of hydrogen-bond acceptors (Lipinski definition) is 6. The normalized spacial score (nSPS) is 16.7. The number of ether oxygens (including phenoxy) is 3. The number of aliphatic hydroxyl groups is 1. The van der Waals surface area contributed by atoms with Crippen LogP contribution in [-0.4, -0.2) is 38.1 Å². The summed E-state index contributed by atoms with van der Waals surface area (Å²) in [5.74, 6) is -0.434. The average Bonchev–Trinajstić information content (AvgIpc) is 3.21. The number of rotatable bonds is 6. The second-order valence-electron chi connectivity index (χ2n) is 8.51. The third kappa shape index (κ3) is 4.04. The number of Topliss-reactive ketones (excluding diaryl/α,β-unsaturated/α-hetero) is 1. The van der Waals surface area contributed by atoms with Crippen molar-refractivity contribution in [1.82, 2.24) is 0 Å². The van der Waals surface area contributed by atoms with Gasteiger partial charge in [-0.15, -0.1) is 0 Å². The van der Waals surface area contributed by atoms with Crippen molar-refractivity contribution in [2.45, 2.75) is 6.04 Å². The summed E-state index contributed by atoms with van der Waals surface area (Å²) in [6.07, 6.45) is 0. The lowest BCUT2D eigenvalue weighted by atomic mass is 9.91. The summed E-state index contributed by atoms with van der Waals surface area (Å²) in [4.78, 5) is 28.5. The molecule has 0 radical (unpaired) electrons. The molecule has 7 nitrogen and oxygen atoms in total. The number of anilines is 1. The van der Waals surface area contributed by atoms with E-state index in [1.165, 1.54) is 26.2 Å². The highest BCUT2D eigenvalue weighted by Crippen LogP contribution is 2.45. The van der Waals surface area contributed by atoms with Crippen molar-refractivity contribution in [1.29, 1.82) is 0 Å². The number of hydrogen-bond donors (Lipinski definition) is 1. The molecule has 37 heavy (non-hydrogen) atoms. The van der Waals surface area contributed by atoms with E-state index in [0.717, 1.165) is 10.8 Å². The van der Waals surface area contributed by atoms with Crippen LogP contribution in [-0.2, 0) is 9.59 Å². The molecule has 1 fully saturated rings. The van der Waals surface area contributed by atoms with Gasteiger partial charge in [0, 0.05) is 17.3 Å². The summed E-state index contributed by atoms with van der Waals surface area (Å²) in [6, 6.07) is 24.3. The lowest BCUT2D eigenvalue weighted by Crippen LogP contribution is -2.29. The number of fused-ring (bicyclic) bond motifs is 1. The maximum atomic E-state index is 13.6. The highest BCUT2D eigenvalue weighted by Gasteiger charge is 2.47. The maximum absolute atomic E-state index is 13.6. The fourth-order valence-electron chi connectivity index (χ4n) is 4.78. The molecule has 0 aromatic heterocycles. The van der Waals surface area contributed by atoms with E-state index in [4.69, 9.17) is 14.2 Å². The number of carbonyl (C=O) groups is 2. The molecule has 0 aliphatic carbocycles. The Kier molecular flexibility index (Phi) is 6.27. The lowest BCUT2D eigenvalue weighted by Gasteiger charge is -2.27. The molecule has 1 aliphatic rings. The topological polar surface area (TPSA) is 85.3 Å². The molecule has 1 atom stereocenters. The number of carbonyl (C=O) groups excluding carboxylic acids is 2. The second-order valence-corrected chi connectivity index (χ2v) is 8.51. The van der Waals surface area contributed by atoms with Crippen LogP contribution in [0, 0.1) is 0 Å². The Balaban J connectivity index is 1.79. The van der Waals surface area contributed by atoms with E-state index in [-0.39, 0.29) is 11.3 Å². The first kappa shape index (κ1) is 23.9. The van der Waals surface area contributed by atoms with E-state index in [2.05, 4.69) is 0 Å². The molecule has 1 aliphatic heterocycles. The van der Waals surface area contributed by atoms with Crippen LogP contribution in [0.2, 0.25) is 0 Å². The van der Waals surface area contributed by atoms with Crippen LogP contribution in [0.25, 0.3) is 16.5 Å². The quantitative estimate of drug-likeness (QED) is 0.216. The van der Waals surface area contributed by atoms with E-state index >= 15 is 0 Å². The van der Waals surface area contributed by atoms with Crippen LogP contribution in [0.3, 0.4) is 0 Å². The zero-order valence-electron chi connectivity index (χ0n) is 20.6. The Labute approximate surface area is 214 Å². The first-order chi connectivity index (χ1) is 18.0. The largest absolute Gasteiger partial charge is 0.507 e. The van der Waals surface area contributed by atoms with E-state index < -0.39 is 17.7 Å². The molecule has 0 saturated carbocycles. The first-order valence-electron chi connectivity index (χ1n) is 11.6. The smallest absolute Gasteiger partial charge is 0.300 e. The number of methoxy groups -OCH3 is 3. The van der Waals surface area contributed by atoms with Gasteiger partial charge < -0.3 is 19.3 Å². The molecule has 1 amide bonds. The van der Waals surface area contributed by atoms with Crippen molar-refractivity contribution in [2.24, 2.45) is 0 Å². The van der Waals surface area contributed by atoms with Gasteiger partial charge in [0.1, 0.15) is 11.5 Å². The highest BCUT2D eigenvalue weighted by molar-refractivity contribution is 6.52. The number of nitrogens with zero attached hydrogens (tertiary/aromatic N) is 1. The molecule has 5 rings (SSSR count). The van der Waals surface area contributed by atoms with Gasteiger partial charge in [-0.2, -0.15) is 0 Å². The van der Waals surface area contributed by atoms with Gasteiger partial charge in [-0.25, -0.2) is 0 Å². The van der Waals surface area contributed by atoms with Crippen LogP contribution in [0.1, 0.15) is 17.2 Å². The maximum Gasteiger partial charge on any atom is 0.300 e. The molecule has 1 heterocycles. The Morgan fingerprint density at radius 1 is 0.784 bits per heavy atom. The summed E-state index contributed by atoms with van der Waals surface area (Å²) in [6.45, 7) is 0. The summed E-state index contributed by atoms with van der Waals surface area (Å²) in [5.41, 5.74) is 1.50. The van der Waals surface area contributed by atoms with Crippen LogP contribution >= 0.6 is 0 Å². The number of amides is 1. The second kappa shape index (κ2) is 9.70. The molecular formula is C30H25NO6. The Bertz CT molecular complexity index is 1550. The zero-order chi connectivity index (χ0) is 26.1. The minimum atomic E-state index is -0.883. The van der Waals surface area contributed by atoms with E-state index in [9.17, 15) is 14.7 Å². The van der Waals surface area contributed by atoms with Gasteiger partial charge in [-0.05, 0) is 46.7 Å². The van der Waals surface area contributed by atoms with E-state index in [1.807, 2.05) is 42.5 Å². The number of ketones is 1. The molecule has 1 saturated heterocycles. The molecule has 4 aromatic rings. The Morgan fingerprint density at radius 3 is 2.27 bits per heavy atom. The van der Waals surface area contributed by atoms with Crippen LogP contribution in [0.4, 0.5) is 5.69 Å². The van der Waals surface area contributed by atoms with E-state index in [1.54, 1.807) is 42.5 Å². The van der Waals surface area contributed by atoms with Crippen LogP contribution < -0.4 is 19.1 Å². The summed E-state index contributed by atoms with van der Waals surface area (Å²) in [7, 11) is 4.53. The average molecular weight is 496 g/mol. The highest BCUT2D eigenvalue weighted by atomic mass is 16.5. The molecule has 0 bridgehead atoms. The fraction of sp³-hybridized carbons (Fsp3) is 0.133. The van der Waals surface area contributed by atoms with Gasteiger partial charge in [-0.3, -0.25) is 14.5 Å². The van der Waals surface area contributed by atoms with Crippen molar-refractivity contribution < 1.29 is 28.9 Å². The fourth-order valence-corrected chi connectivity index (χ4v) is 4.78. The van der Waals surface area contributed by atoms with Gasteiger partial charge >= 0.3 is 0 Å². The third-order valence-corrected chi connectivity index (χ3v) is 6.55. The predicted octanol–water partition coefficient (Wildman–Crippen LogP) is 5.49. The molecule has 0 spiro atoms. The van der Waals surface area contributed by atoms with Crippen LogP contribution in [0.15, 0.2) is 90.5 Å². The minimum absolute atomic E-state index is 0.0172. The molecular weight excluding hydrogens is 470 g/mol. The van der Waals surface area contributed by atoms with Gasteiger partial charge in [0.2, 0.25) is 0 Å². The van der Waals surface area contributed by atoms with Crippen molar-refractivity contribution >= 4 is 33.9 Å². The standard InChI is InChI=1S/C30H25NO6/c1-35-21-11-7-10-20(17-21)31-27(23-13-6-9-18-8-4-5-12-22(18)23)26(29(33)30(31)34)28(32)19-14-15-24(36-2)25(16-19)37-3/h4-17,27,32H,1-3H3/b28-26-. The molecule has 4 aromatic carbocycles. The van der Waals surface area contributed by atoms with Gasteiger partial charge in [0.15, 0.2) is 11.5 Å². The summed E-state index contributed by atoms with van der Waals surface area (Å²) in [5, 5.41) is 13.3. The third-order valence-electron chi connectivity index (χ3n) is 6.55. The lowest BCUT2D eigenvalue weighted by molar-refractivity contribution is -0.132. The van der Waals surface area contributed by atoms with Crippen LogP contribution in [0.5, 0.6) is 17.2 Å². The molecule has 1 N–H and O–H groups in total. The van der Waals surface area contributed by atoms with Crippen molar-refractivity contribution in [3.05, 3.63) is 102 Å². The monoisotopic (exact) mass is 495 g/mol. The SMILES string of the molecule is COc1cccc(N2C(=O)C(=O)/C(=C(\O)c3ccc(OC)c(OC)c3)C2c2cccc3ccccc23)c1. The van der Waals surface area contributed by atoms with Gasteiger partial charge in [-0.1, -0.05) is 48.5 Å². The predicted molar refractivity (Wildman–Crippen MR) is 141 cm³/mol. The summed E-state index contributed by atoms with van der Waals surface area (Å²) >= 11 is 0. The Morgan fingerprint density at radius 2 is 1.51 bits per heavy atom. The van der Waals surface area contributed by atoms with Crippen molar-refractivity contribution in [2.75, 3.05) is 26.2 Å². The van der Waals surface area contributed by atoms with Crippen molar-refractivity contribution in [3.8, 4) is 17.2 Å². The molecule has 186 valence electrons. The number of aliphatic hydroxyl groups excluding tert-OH is 1. The summed E-state index contributed by atoms with van der Waals surface area (Å²) < 4.78 is 16.1. The van der Waals surface area contributed by atoms with Gasteiger partial charge in [0.05, 0.1) is 32.9 Å². The Hall–Kier alpha value is -4.78. The van der Waals surface area contributed by atoms with E-state index in [0.29, 0.717) is 34.1 Å². The minimum Gasteiger partial charge on any atom is -0.507 e. The first-order valence-corrected chi connectivity index (χ1v) is 11.6. The van der Waals surface area contributed by atoms with Crippen molar-refractivity contribution in [3.63, 3.8) is 0 Å². The molecule has 1 unspecified atom stereocenters. The number of benzene rings is 4. The zero-order valence-corrected chi connectivity index (χ0v) is 20.6. The molecule has 7 heteroatoms. The van der Waals surface area contributed by atoms with Gasteiger partial charge in [0.25, 0.3) is 11.7 Å².